The highest BCUT2D eigenvalue weighted by Crippen LogP contribution is 2.38. The number of aliphatic hydroxyl groups excluding tert-OH is 1. The highest BCUT2D eigenvalue weighted by molar-refractivity contribution is 6.74. The van der Waals surface area contributed by atoms with Crippen molar-refractivity contribution in [2.45, 2.75) is 51.9 Å². The standard InChI is InChI=1S/C12H26O2Si/c1-8-11(10(2)9-13)14-15(6,7)12(3,4)5/h8,10-11,13H,1,9H2,2-7H3/t10-,11-/m0/s1. The van der Waals surface area contributed by atoms with Crippen molar-refractivity contribution in [1.29, 1.82) is 0 Å². The van der Waals surface area contributed by atoms with Crippen LogP contribution in [0.2, 0.25) is 18.1 Å². The van der Waals surface area contributed by atoms with E-state index >= 15 is 0 Å². The van der Waals surface area contributed by atoms with E-state index in [1.54, 1.807) is 6.08 Å². The molecule has 2 nitrogen and oxygen atoms in total. The summed E-state index contributed by atoms with van der Waals surface area (Å²) in [5.41, 5.74) is 0. The second kappa shape index (κ2) is 5.28. The van der Waals surface area contributed by atoms with E-state index in [-0.39, 0.29) is 23.7 Å². The van der Waals surface area contributed by atoms with Gasteiger partial charge < -0.3 is 9.53 Å². The molecule has 0 aromatic heterocycles. The first-order chi connectivity index (χ1) is 6.65. The Balaban J connectivity index is 4.61. The SMILES string of the molecule is C=C[C@H](O[Si](C)(C)C(C)(C)C)[C@@H](C)CO. The molecule has 0 rings (SSSR count). The summed E-state index contributed by atoms with van der Waals surface area (Å²) in [6, 6.07) is 0. The quantitative estimate of drug-likeness (QED) is 0.580. The Kier molecular flexibility index (Phi) is 5.24. The topological polar surface area (TPSA) is 29.5 Å². The van der Waals surface area contributed by atoms with Crippen LogP contribution in [0.3, 0.4) is 0 Å². The second-order valence-electron chi connectivity index (χ2n) is 5.74. The lowest BCUT2D eigenvalue weighted by molar-refractivity contribution is 0.118. The van der Waals surface area contributed by atoms with Crippen molar-refractivity contribution in [3.63, 3.8) is 0 Å². The number of hydrogen-bond acceptors (Lipinski definition) is 2. The molecule has 15 heavy (non-hydrogen) atoms. The normalized spacial score (nSPS) is 17.3. The molecule has 0 aliphatic heterocycles. The van der Waals surface area contributed by atoms with E-state index < -0.39 is 8.32 Å². The van der Waals surface area contributed by atoms with E-state index in [1.165, 1.54) is 0 Å². The zero-order valence-electron chi connectivity index (χ0n) is 11.0. The molecular weight excluding hydrogens is 204 g/mol. The summed E-state index contributed by atoms with van der Waals surface area (Å²) in [5, 5.41) is 9.32. The lowest BCUT2D eigenvalue weighted by atomic mass is 10.1. The molecule has 3 heteroatoms. The van der Waals surface area contributed by atoms with Gasteiger partial charge in [-0.25, -0.2) is 0 Å². The third-order valence-electron chi connectivity index (χ3n) is 3.32. The highest BCUT2D eigenvalue weighted by atomic mass is 28.4. The van der Waals surface area contributed by atoms with Crippen LogP contribution in [0.5, 0.6) is 0 Å². The molecule has 0 aromatic rings. The summed E-state index contributed by atoms with van der Waals surface area (Å²) in [4.78, 5) is 0. The van der Waals surface area contributed by atoms with Crippen LogP contribution in [0, 0.1) is 5.92 Å². The fourth-order valence-electron chi connectivity index (χ4n) is 1.02. The maximum Gasteiger partial charge on any atom is 0.192 e. The Morgan fingerprint density at radius 3 is 2.13 bits per heavy atom. The number of aliphatic hydroxyl groups is 1. The zero-order chi connectivity index (χ0) is 12.3. The molecule has 0 saturated heterocycles. The Labute approximate surface area is 95.5 Å². The summed E-state index contributed by atoms with van der Waals surface area (Å²) < 4.78 is 6.17. The van der Waals surface area contributed by atoms with Crippen molar-refractivity contribution in [1.82, 2.24) is 0 Å². The first-order valence-electron chi connectivity index (χ1n) is 5.57. The van der Waals surface area contributed by atoms with Crippen LogP contribution in [0.4, 0.5) is 0 Å². The minimum atomic E-state index is -1.75. The van der Waals surface area contributed by atoms with E-state index in [1.807, 2.05) is 6.92 Å². The minimum Gasteiger partial charge on any atom is -0.410 e. The van der Waals surface area contributed by atoms with Crippen molar-refractivity contribution in [3.05, 3.63) is 12.7 Å². The smallest absolute Gasteiger partial charge is 0.192 e. The predicted octanol–water partition coefficient (Wildman–Crippen LogP) is 3.19. The Bertz CT molecular complexity index is 206. The van der Waals surface area contributed by atoms with E-state index in [4.69, 9.17) is 9.53 Å². The van der Waals surface area contributed by atoms with Crippen molar-refractivity contribution >= 4 is 8.32 Å². The van der Waals surface area contributed by atoms with Gasteiger partial charge in [0.05, 0.1) is 6.10 Å². The van der Waals surface area contributed by atoms with Crippen LogP contribution in [0.15, 0.2) is 12.7 Å². The van der Waals surface area contributed by atoms with Gasteiger partial charge in [0.15, 0.2) is 8.32 Å². The van der Waals surface area contributed by atoms with Gasteiger partial charge in [-0.15, -0.1) is 6.58 Å². The molecule has 90 valence electrons. The van der Waals surface area contributed by atoms with E-state index in [0.717, 1.165) is 0 Å². The molecule has 0 heterocycles. The molecule has 0 spiro atoms. The molecule has 0 amide bonds. The molecule has 0 radical (unpaired) electrons. The average molecular weight is 230 g/mol. The van der Waals surface area contributed by atoms with Gasteiger partial charge in [-0.3, -0.25) is 0 Å². The number of hydrogen-bond donors (Lipinski definition) is 1. The third kappa shape index (κ3) is 4.09. The van der Waals surface area contributed by atoms with E-state index in [0.29, 0.717) is 0 Å². The maximum absolute atomic E-state index is 9.12. The van der Waals surface area contributed by atoms with Gasteiger partial charge in [0, 0.05) is 12.5 Å². The van der Waals surface area contributed by atoms with E-state index in [2.05, 4.69) is 40.4 Å². The molecule has 0 unspecified atom stereocenters. The van der Waals surface area contributed by atoms with Crippen molar-refractivity contribution in [2.24, 2.45) is 5.92 Å². The predicted molar refractivity (Wildman–Crippen MR) is 68.5 cm³/mol. The van der Waals surface area contributed by atoms with Crippen LogP contribution in [-0.4, -0.2) is 26.1 Å². The largest absolute Gasteiger partial charge is 0.410 e. The van der Waals surface area contributed by atoms with Crippen LogP contribution in [-0.2, 0) is 4.43 Å². The van der Waals surface area contributed by atoms with Gasteiger partial charge in [-0.05, 0) is 18.1 Å². The minimum absolute atomic E-state index is 0.0316. The van der Waals surface area contributed by atoms with Crippen molar-refractivity contribution < 1.29 is 9.53 Å². The Morgan fingerprint density at radius 1 is 1.40 bits per heavy atom. The van der Waals surface area contributed by atoms with E-state index in [9.17, 15) is 0 Å². The fraction of sp³-hybridized carbons (Fsp3) is 0.833. The molecular formula is C12H26O2Si. The monoisotopic (exact) mass is 230 g/mol. The van der Waals surface area contributed by atoms with Crippen LogP contribution < -0.4 is 0 Å². The molecule has 0 saturated carbocycles. The third-order valence-corrected chi connectivity index (χ3v) is 7.79. The molecule has 0 bridgehead atoms. The lowest BCUT2D eigenvalue weighted by Crippen LogP contribution is -2.45. The second-order valence-corrected chi connectivity index (χ2v) is 10.5. The van der Waals surface area contributed by atoms with Gasteiger partial charge in [-0.2, -0.15) is 0 Å². The Hall–Kier alpha value is -0.123. The first-order valence-corrected chi connectivity index (χ1v) is 8.47. The van der Waals surface area contributed by atoms with Gasteiger partial charge in [0.25, 0.3) is 0 Å². The molecule has 0 aliphatic rings. The van der Waals surface area contributed by atoms with Gasteiger partial charge in [0.2, 0.25) is 0 Å². The number of rotatable bonds is 5. The van der Waals surface area contributed by atoms with Crippen LogP contribution in [0.25, 0.3) is 0 Å². The highest BCUT2D eigenvalue weighted by Gasteiger charge is 2.39. The summed E-state index contributed by atoms with van der Waals surface area (Å²) >= 11 is 0. The maximum atomic E-state index is 9.12. The van der Waals surface area contributed by atoms with Gasteiger partial charge >= 0.3 is 0 Å². The molecule has 0 aliphatic carbocycles. The van der Waals surface area contributed by atoms with Gasteiger partial charge in [0.1, 0.15) is 0 Å². The summed E-state index contributed by atoms with van der Waals surface area (Å²) in [7, 11) is -1.75. The van der Waals surface area contributed by atoms with Crippen LogP contribution >= 0.6 is 0 Å². The summed E-state index contributed by atoms with van der Waals surface area (Å²) in [5.74, 6) is 0.122. The zero-order valence-corrected chi connectivity index (χ0v) is 12.0. The van der Waals surface area contributed by atoms with Crippen LogP contribution in [0.1, 0.15) is 27.7 Å². The molecule has 2 atom stereocenters. The average Bonchev–Trinajstić information content (AvgIpc) is 2.11. The van der Waals surface area contributed by atoms with Gasteiger partial charge in [-0.1, -0.05) is 33.8 Å². The molecule has 1 N–H and O–H groups in total. The first kappa shape index (κ1) is 14.9. The Morgan fingerprint density at radius 2 is 1.87 bits per heavy atom. The molecule has 0 fully saturated rings. The molecule has 0 aromatic carbocycles. The van der Waals surface area contributed by atoms with Crippen molar-refractivity contribution in [3.8, 4) is 0 Å². The summed E-state index contributed by atoms with van der Waals surface area (Å²) in [6.45, 7) is 17.0. The van der Waals surface area contributed by atoms with Crippen molar-refractivity contribution in [2.75, 3.05) is 6.61 Å². The lowest BCUT2D eigenvalue weighted by Gasteiger charge is -2.39. The summed E-state index contributed by atoms with van der Waals surface area (Å²) in [6.07, 6.45) is 1.78. The fourth-order valence-corrected chi connectivity index (χ4v) is 2.38.